The summed E-state index contributed by atoms with van der Waals surface area (Å²) in [5.41, 5.74) is -0.142. The van der Waals surface area contributed by atoms with Crippen LogP contribution in [0.3, 0.4) is 0 Å². The standard InChI is InChI=1S/C10H16N4O/c1-14-6-2-8(3-7-14)13-9-10(15)12-5-4-11-9/h4-5,8H,2-3,6-7H2,1H3,(H,11,13)(H,12,15). The van der Waals surface area contributed by atoms with Crippen LogP contribution in [0.1, 0.15) is 12.8 Å². The topological polar surface area (TPSA) is 61.0 Å². The number of H-pyrrole nitrogens is 1. The molecule has 2 heterocycles. The smallest absolute Gasteiger partial charge is 0.290 e. The lowest BCUT2D eigenvalue weighted by Gasteiger charge is -2.29. The quantitative estimate of drug-likeness (QED) is 0.732. The molecule has 0 radical (unpaired) electrons. The van der Waals surface area contributed by atoms with E-state index in [2.05, 4.69) is 27.2 Å². The SMILES string of the molecule is CN1CCC(Nc2ncc[nH]c2=O)CC1. The Hall–Kier alpha value is -1.36. The average molecular weight is 208 g/mol. The molecule has 1 saturated heterocycles. The molecule has 0 amide bonds. The number of piperidine rings is 1. The van der Waals surface area contributed by atoms with Crippen LogP contribution >= 0.6 is 0 Å². The van der Waals surface area contributed by atoms with Crippen molar-refractivity contribution < 1.29 is 0 Å². The summed E-state index contributed by atoms with van der Waals surface area (Å²) < 4.78 is 0. The number of aromatic nitrogens is 2. The Morgan fingerprint density at radius 2 is 2.27 bits per heavy atom. The van der Waals surface area contributed by atoms with Gasteiger partial charge in [0, 0.05) is 18.4 Å². The molecule has 0 aromatic carbocycles. The number of anilines is 1. The molecular weight excluding hydrogens is 192 g/mol. The largest absolute Gasteiger partial charge is 0.363 e. The van der Waals surface area contributed by atoms with E-state index in [0.29, 0.717) is 11.9 Å². The van der Waals surface area contributed by atoms with Crippen LogP contribution in [0.4, 0.5) is 5.82 Å². The maximum Gasteiger partial charge on any atom is 0.290 e. The van der Waals surface area contributed by atoms with Gasteiger partial charge >= 0.3 is 0 Å². The fourth-order valence-electron chi connectivity index (χ4n) is 1.80. The molecule has 0 unspecified atom stereocenters. The summed E-state index contributed by atoms with van der Waals surface area (Å²) in [6.45, 7) is 2.14. The molecule has 0 bridgehead atoms. The second-order valence-corrected chi connectivity index (χ2v) is 3.99. The number of hydrogen-bond donors (Lipinski definition) is 2. The van der Waals surface area contributed by atoms with E-state index in [-0.39, 0.29) is 5.56 Å². The lowest BCUT2D eigenvalue weighted by atomic mass is 10.1. The lowest BCUT2D eigenvalue weighted by molar-refractivity contribution is 0.263. The van der Waals surface area contributed by atoms with Gasteiger partial charge in [-0.25, -0.2) is 4.98 Å². The van der Waals surface area contributed by atoms with Crippen LogP contribution in [0.2, 0.25) is 0 Å². The summed E-state index contributed by atoms with van der Waals surface area (Å²) in [7, 11) is 2.11. The third-order valence-electron chi connectivity index (χ3n) is 2.77. The summed E-state index contributed by atoms with van der Waals surface area (Å²) >= 11 is 0. The van der Waals surface area contributed by atoms with Crippen molar-refractivity contribution in [1.82, 2.24) is 14.9 Å². The maximum atomic E-state index is 11.4. The van der Waals surface area contributed by atoms with Gasteiger partial charge < -0.3 is 15.2 Å². The zero-order valence-electron chi connectivity index (χ0n) is 8.86. The first-order valence-corrected chi connectivity index (χ1v) is 5.24. The molecular formula is C10H16N4O. The summed E-state index contributed by atoms with van der Waals surface area (Å²) in [4.78, 5) is 20.3. The van der Waals surface area contributed by atoms with Crippen LogP contribution < -0.4 is 10.9 Å². The van der Waals surface area contributed by atoms with Gasteiger partial charge in [-0.1, -0.05) is 0 Å². The Kier molecular flexibility index (Phi) is 3.01. The highest BCUT2D eigenvalue weighted by Crippen LogP contribution is 2.11. The van der Waals surface area contributed by atoms with Gasteiger partial charge in [0.15, 0.2) is 5.82 Å². The fraction of sp³-hybridized carbons (Fsp3) is 0.600. The van der Waals surface area contributed by atoms with E-state index >= 15 is 0 Å². The van der Waals surface area contributed by atoms with Gasteiger partial charge in [0.25, 0.3) is 5.56 Å². The molecule has 5 heteroatoms. The van der Waals surface area contributed by atoms with Gasteiger partial charge in [0.2, 0.25) is 0 Å². The second kappa shape index (κ2) is 4.44. The number of aromatic amines is 1. The second-order valence-electron chi connectivity index (χ2n) is 3.99. The first-order chi connectivity index (χ1) is 7.25. The van der Waals surface area contributed by atoms with Crippen molar-refractivity contribution in [2.45, 2.75) is 18.9 Å². The van der Waals surface area contributed by atoms with Crippen LogP contribution in [0.5, 0.6) is 0 Å². The third kappa shape index (κ3) is 2.56. The van der Waals surface area contributed by atoms with Crippen LogP contribution in [0, 0.1) is 0 Å². The highest BCUT2D eigenvalue weighted by Gasteiger charge is 2.17. The van der Waals surface area contributed by atoms with Gasteiger partial charge in [0.1, 0.15) is 0 Å². The highest BCUT2D eigenvalue weighted by atomic mass is 16.1. The van der Waals surface area contributed by atoms with Crippen LogP contribution in [0.25, 0.3) is 0 Å². The van der Waals surface area contributed by atoms with Crippen molar-refractivity contribution >= 4 is 5.82 Å². The van der Waals surface area contributed by atoms with E-state index in [1.54, 1.807) is 12.4 Å². The van der Waals surface area contributed by atoms with Gasteiger partial charge in [-0.2, -0.15) is 0 Å². The molecule has 2 rings (SSSR count). The monoisotopic (exact) mass is 208 g/mol. The molecule has 1 aromatic heterocycles. The molecule has 82 valence electrons. The predicted octanol–water partition coefficient (Wildman–Crippen LogP) is 0.276. The van der Waals surface area contributed by atoms with Gasteiger partial charge in [0.05, 0.1) is 0 Å². The molecule has 5 nitrogen and oxygen atoms in total. The third-order valence-corrected chi connectivity index (χ3v) is 2.77. The Balaban J connectivity index is 1.98. The molecule has 1 fully saturated rings. The van der Waals surface area contributed by atoms with Crippen molar-refractivity contribution in [3.8, 4) is 0 Å². The predicted molar refractivity (Wildman–Crippen MR) is 59.0 cm³/mol. The lowest BCUT2D eigenvalue weighted by Crippen LogP contribution is -2.38. The van der Waals surface area contributed by atoms with Gasteiger partial charge in [-0.15, -0.1) is 0 Å². The van der Waals surface area contributed by atoms with Crippen molar-refractivity contribution in [3.63, 3.8) is 0 Å². The minimum absolute atomic E-state index is 0.142. The van der Waals surface area contributed by atoms with E-state index in [1.165, 1.54) is 0 Å². The van der Waals surface area contributed by atoms with E-state index in [0.717, 1.165) is 25.9 Å². The van der Waals surface area contributed by atoms with Crippen molar-refractivity contribution in [2.75, 3.05) is 25.5 Å². The maximum absolute atomic E-state index is 11.4. The molecule has 1 aliphatic heterocycles. The normalized spacial score (nSPS) is 19.0. The summed E-state index contributed by atoms with van der Waals surface area (Å²) in [5.74, 6) is 0.437. The number of likely N-dealkylation sites (tertiary alicyclic amines) is 1. The van der Waals surface area contributed by atoms with E-state index < -0.39 is 0 Å². The zero-order valence-corrected chi connectivity index (χ0v) is 8.86. The van der Waals surface area contributed by atoms with Crippen molar-refractivity contribution in [3.05, 3.63) is 22.7 Å². The van der Waals surface area contributed by atoms with Crippen LogP contribution in [-0.2, 0) is 0 Å². The minimum Gasteiger partial charge on any atom is -0.363 e. The number of rotatable bonds is 2. The molecule has 1 aliphatic rings. The Bertz CT molecular complexity index is 368. The first kappa shape index (κ1) is 10.2. The Morgan fingerprint density at radius 1 is 1.53 bits per heavy atom. The Morgan fingerprint density at radius 3 is 2.93 bits per heavy atom. The number of nitrogens with one attached hydrogen (secondary N) is 2. The molecule has 0 spiro atoms. The average Bonchev–Trinajstić information content (AvgIpc) is 2.25. The number of hydrogen-bond acceptors (Lipinski definition) is 4. The zero-order chi connectivity index (χ0) is 10.7. The number of nitrogens with zero attached hydrogens (tertiary/aromatic N) is 2. The van der Waals surface area contributed by atoms with Crippen LogP contribution in [0.15, 0.2) is 17.2 Å². The molecule has 15 heavy (non-hydrogen) atoms. The van der Waals surface area contributed by atoms with Crippen LogP contribution in [-0.4, -0.2) is 41.0 Å². The van der Waals surface area contributed by atoms with Crippen molar-refractivity contribution in [2.24, 2.45) is 0 Å². The summed E-state index contributed by atoms with van der Waals surface area (Å²) in [6, 6.07) is 0.372. The van der Waals surface area contributed by atoms with Gasteiger partial charge in [-0.3, -0.25) is 4.79 Å². The molecule has 0 aliphatic carbocycles. The van der Waals surface area contributed by atoms with E-state index in [4.69, 9.17) is 0 Å². The molecule has 0 saturated carbocycles. The molecule has 1 aromatic rings. The molecule has 0 atom stereocenters. The van der Waals surface area contributed by atoms with E-state index in [9.17, 15) is 4.79 Å². The summed E-state index contributed by atoms with van der Waals surface area (Å²) in [5, 5.41) is 3.19. The minimum atomic E-state index is -0.142. The van der Waals surface area contributed by atoms with Gasteiger partial charge in [-0.05, 0) is 33.0 Å². The summed E-state index contributed by atoms with van der Waals surface area (Å²) in [6.07, 6.45) is 5.26. The highest BCUT2D eigenvalue weighted by molar-refractivity contribution is 5.31. The Labute approximate surface area is 88.5 Å². The first-order valence-electron chi connectivity index (χ1n) is 5.24. The molecule has 2 N–H and O–H groups in total. The fourth-order valence-corrected chi connectivity index (χ4v) is 1.80. The van der Waals surface area contributed by atoms with E-state index in [1.807, 2.05) is 0 Å². The van der Waals surface area contributed by atoms with Crippen molar-refractivity contribution in [1.29, 1.82) is 0 Å².